The van der Waals surface area contributed by atoms with E-state index in [1.165, 1.54) is 0 Å². The number of halogens is 2. The number of para-hydroxylation sites is 1. The quantitative estimate of drug-likeness (QED) is 0.576. The molecule has 2 heterocycles. The van der Waals surface area contributed by atoms with Gasteiger partial charge < -0.3 is 9.64 Å². The van der Waals surface area contributed by atoms with Crippen molar-refractivity contribution in [1.29, 1.82) is 5.26 Å². The van der Waals surface area contributed by atoms with Crippen LogP contribution < -0.4 is 4.90 Å². The average molecular weight is 426 g/mol. The number of rotatable bonds is 4. The number of ether oxygens (including phenoxy) is 1. The van der Waals surface area contributed by atoms with Gasteiger partial charge in [-0.05, 0) is 35.9 Å². The van der Waals surface area contributed by atoms with Crippen molar-refractivity contribution in [3.05, 3.63) is 70.0 Å². The Bertz CT molecular complexity index is 1080. The third-order valence-corrected chi connectivity index (χ3v) is 5.31. The summed E-state index contributed by atoms with van der Waals surface area (Å²) >= 11 is 12.1. The number of hydrogen-bond donors (Lipinski definition) is 0. The lowest BCUT2D eigenvalue weighted by Crippen LogP contribution is -2.38. The lowest BCUT2D eigenvalue weighted by atomic mass is 10.1. The van der Waals surface area contributed by atoms with Crippen LogP contribution in [0.15, 0.2) is 48.5 Å². The van der Waals surface area contributed by atoms with E-state index in [0.29, 0.717) is 53.7 Å². The maximum Gasteiger partial charge on any atom is 0.232 e. The molecule has 1 saturated heterocycles. The molecular weight excluding hydrogens is 409 g/mol. The van der Waals surface area contributed by atoms with Crippen molar-refractivity contribution in [1.82, 2.24) is 14.8 Å². The third-order valence-electron chi connectivity index (χ3n) is 4.57. The van der Waals surface area contributed by atoms with Crippen molar-refractivity contribution in [2.75, 3.05) is 31.2 Å². The predicted octanol–water partition coefficient (Wildman–Crippen LogP) is 4.47. The Morgan fingerprint density at radius 3 is 2.48 bits per heavy atom. The summed E-state index contributed by atoms with van der Waals surface area (Å²) in [6.45, 7) is 2.68. The maximum atomic E-state index is 9.86. The molecule has 2 aromatic carbocycles. The highest BCUT2D eigenvalue weighted by Crippen LogP contribution is 2.28. The van der Waals surface area contributed by atoms with Crippen LogP contribution in [0.5, 0.6) is 0 Å². The first kappa shape index (κ1) is 19.5. The molecule has 0 N–H and O–H groups in total. The van der Waals surface area contributed by atoms with Crippen molar-refractivity contribution in [2.24, 2.45) is 0 Å². The van der Waals surface area contributed by atoms with E-state index in [-0.39, 0.29) is 0 Å². The Morgan fingerprint density at radius 2 is 1.79 bits per heavy atom. The number of aromatic nitrogens is 3. The van der Waals surface area contributed by atoms with Gasteiger partial charge in [0.05, 0.1) is 34.5 Å². The molecule has 146 valence electrons. The number of nitrogens with zero attached hydrogens (tertiary/aromatic N) is 5. The summed E-state index contributed by atoms with van der Waals surface area (Å²) in [5.41, 5.74) is 2.01. The molecular formula is C21H17Cl2N5O. The standard InChI is InChI=1S/C21H17Cl2N5O/c22-18-7-6-15(13-19(18)23)12-16(14-24)20-25-26-21(27-8-10-29-11-9-27)28(20)17-4-2-1-3-5-17/h1-7,12-13H,8-11H2. The summed E-state index contributed by atoms with van der Waals surface area (Å²) < 4.78 is 7.36. The monoisotopic (exact) mass is 425 g/mol. The Morgan fingerprint density at radius 1 is 1.03 bits per heavy atom. The lowest BCUT2D eigenvalue weighted by molar-refractivity contribution is 0.122. The van der Waals surface area contributed by atoms with Gasteiger partial charge in [0, 0.05) is 13.1 Å². The second-order valence-electron chi connectivity index (χ2n) is 6.44. The van der Waals surface area contributed by atoms with Crippen LogP contribution in [-0.4, -0.2) is 41.1 Å². The van der Waals surface area contributed by atoms with E-state index in [1.807, 2.05) is 34.9 Å². The first-order valence-electron chi connectivity index (χ1n) is 9.08. The number of morpholine rings is 1. The van der Waals surface area contributed by atoms with Gasteiger partial charge in [-0.2, -0.15) is 5.26 Å². The largest absolute Gasteiger partial charge is 0.378 e. The molecule has 1 aliphatic heterocycles. The molecule has 0 atom stereocenters. The first-order chi connectivity index (χ1) is 14.2. The Hall–Kier alpha value is -2.85. The van der Waals surface area contributed by atoms with E-state index in [4.69, 9.17) is 27.9 Å². The fraction of sp³-hybridized carbons (Fsp3) is 0.190. The lowest BCUT2D eigenvalue weighted by Gasteiger charge is -2.28. The van der Waals surface area contributed by atoms with E-state index in [9.17, 15) is 5.26 Å². The molecule has 0 aliphatic carbocycles. The number of allylic oxidation sites excluding steroid dienone is 1. The van der Waals surface area contributed by atoms with Crippen molar-refractivity contribution in [3.8, 4) is 11.8 Å². The van der Waals surface area contributed by atoms with Crippen LogP contribution in [0.4, 0.5) is 5.95 Å². The fourth-order valence-corrected chi connectivity index (χ4v) is 3.46. The summed E-state index contributed by atoms with van der Waals surface area (Å²) in [6.07, 6.45) is 1.73. The number of anilines is 1. The van der Waals surface area contributed by atoms with Gasteiger partial charge in [-0.1, -0.05) is 47.5 Å². The predicted molar refractivity (Wildman–Crippen MR) is 114 cm³/mol. The molecule has 6 nitrogen and oxygen atoms in total. The molecule has 1 aliphatic rings. The van der Waals surface area contributed by atoms with Gasteiger partial charge in [0.15, 0.2) is 5.82 Å². The summed E-state index contributed by atoms with van der Waals surface area (Å²) in [6, 6.07) is 17.2. The first-order valence-corrected chi connectivity index (χ1v) is 9.84. The highest BCUT2D eigenvalue weighted by atomic mass is 35.5. The molecule has 1 aromatic heterocycles. The summed E-state index contributed by atoms with van der Waals surface area (Å²) in [4.78, 5) is 2.11. The zero-order valence-corrected chi connectivity index (χ0v) is 16.9. The zero-order chi connectivity index (χ0) is 20.2. The van der Waals surface area contributed by atoms with Crippen LogP contribution in [-0.2, 0) is 4.74 Å². The summed E-state index contributed by atoms with van der Waals surface area (Å²) in [5, 5.41) is 19.5. The smallest absolute Gasteiger partial charge is 0.232 e. The van der Waals surface area contributed by atoms with Crippen LogP contribution in [0.25, 0.3) is 17.3 Å². The van der Waals surface area contributed by atoms with Gasteiger partial charge in [0.1, 0.15) is 6.07 Å². The second kappa shape index (κ2) is 8.66. The van der Waals surface area contributed by atoms with Crippen LogP contribution in [0, 0.1) is 11.3 Å². The molecule has 0 amide bonds. The molecule has 0 spiro atoms. The van der Waals surface area contributed by atoms with Crippen molar-refractivity contribution in [3.63, 3.8) is 0 Å². The number of hydrogen-bond acceptors (Lipinski definition) is 5. The summed E-state index contributed by atoms with van der Waals surface area (Å²) in [5.74, 6) is 1.15. The second-order valence-corrected chi connectivity index (χ2v) is 7.25. The van der Waals surface area contributed by atoms with Crippen LogP contribution in [0.3, 0.4) is 0 Å². The van der Waals surface area contributed by atoms with Crippen molar-refractivity contribution >= 4 is 40.8 Å². The van der Waals surface area contributed by atoms with E-state index < -0.39 is 0 Å². The maximum absolute atomic E-state index is 9.86. The fourth-order valence-electron chi connectivity index (χ4n) is 3.15. The highest BCUT2D eigenvalue weighted by Gasteiger charge is 2.23. The van der Waals surface area contributed by atoms with Crippen LogP contribution >= 0.6 is 23.2 Å². The minimum Gasteiger partial charge on any atom is -0.378 e. The van der Waals surface area contributed by atoms with Gasteiger partial charge in [0.25, 0.3) is 0 Å². The van der Waals surface area contributed by atoms with Gasteiger partial charge in [0.2, 0.25) is 5.95 Å². The molecule has 4 rings (SSSR count). The SMILES string of the molecule is N#CC(=Cc1ccc(Cl)c(Cl)c1)c1nnc(N2CCOCC2)n1-c1ccccc1. The molecule has 0 bridgehead atoms. The zero-order valence-electron chi connectivity index (χ0n) is 15.4. The molecule has 0 radical (unpaired) electrons. The van der Waals surface area contributed by atoms with E-state index in [0.717, 1.165) is 11.3 Å². The molecule has 3 aromatic rings. The number of benzene rings is 2. The molecule has 8 heteroatoms. The van der Waals surface area contributed by atoms with Gasteiger partial charge in [-0.25, -0.2) is 0 Å². The van der Waals surface area contributed by atoms with Gasteiger partial charge in [-0.15, -0.1) is 10.2 Å². The number of nitriles is 1. The van der Waals surface area contributed by atoms with Crippen LogP contribution in [0.2, 0.25) is 10.0 Å². The van der Waals surface area contributed by atoms with E-state index in [2.05, 4.69) is 21.2 Å². The Kier molecular flexibility index (Phi) is 5.81. The topological polar surface area (TPSA) is 67.0 Å². The van der Waals surface area contributed by atoms with E-state index >= 15 is 0 Å². The summed E-state index contributed by atoms with van der Waals surface area (Å²) in [7, 11) is 0. The minimum atomic E-state index is 0.374. The van der Waals surface area contributed by atoms with E-state index in [1.54, 1.807) is 24.3 Å². The Labute approximate surface area is 178 Å². The van der Waals surface area contributed by atoms with Gasteiger partial charge >= 0.3 is 0 Å². The molecule has 0 saturated carbocycles. The van der Waals surface area contributed by atoms with Crippen LogP contribution in [0.1, 0.15) is 11.4 Å². The molecule has 29 heavy (non-hydrogen) atoms. The minimum absolute atomic E-state index is 0.374. The van der Waals surface area contributed by atoms with Crippen molar-refractivity contribution < 1.29 is 4.74 Å². The molecule has 1 fully saturated rings. The van der Waals surface area contributed by atoms with Gasteiger partial charge in [-0.3, -0.25) is 4.57 Å². The Balaban J connectivity index is 1.83. The average Bonchev–Trinajstić information content (AvgIpc) is 3.20. The highest BCUT2D eigenvalue weighted by molar-refractivity contribution is 6.42. The molecule has 0 unspecified atom stereocenters. The van der Waals surface area contributed by atoms with Crippen molar-refractivity contribution in [2.45, 2.75) is 0 Å². The third kappa shape index (κ3) is 4.13. The normalized spacial score (nSPS) is 14.7.